The van der Waals surface area contributed by atoms with Gasteiger partial charge in [-0.3, -0.25) is 9.36 Å². The molecule has 0 unspecified atom stereocenters. The van der Waals surface area contributed by atoms with Crippen molar-refractivity contribution in [2.75, 3.05) is 31.6 Å². The smallest absolute Gasteiger partial charge is 0.242 e. The summed E-state index contributed by atoms with van der Waals surface area (Å²) in [5.74, 6) is 0.872. The first-order chi connectivity index (χ1) is 15.0. The van der Waals surface area contributed by atoms with Gasteiger partial charge in [-0.2, -0.15) is 0 Å². The molecule has 1 aromatic carbocycles. The molecule has 0 atom stereocenters. The van der Waals surface area contributed by atoms with Crippen LogP contribution in [-0.2, 0) is 4.79 Å². The topological polar surface area (TPSA) is 67.2 Å². The molecule has 2 aromatic heterocycles. The average Bonchev–Trinajstić information content (AvgIpc) is 3.15. The number of carbonyl (C=O) groups is 1. The fourth-order valence-electron chi connectivity index (χ4n) is 3.54. The Labute approximate surface area is 179 Å². The van der Waals surface area contributed by atoms with E-state index in [1.807, 2.05) is 28.5 Å². The molecule has 0 radical (unpaired) electrons. The lowest BCUT2D eigenvalue weighted by Crippen LogP contribution is -2.49. The summed E-state index contributed by atoms with van der Waals surface area (Å²) in [6, 6.07) is 6.24. The summed E-state index contributed by atoms with van der Waals surface area (Å²) in [5, 5.41) is 1.60. The van der Waals surface area contributed by atoms with Crippen molar-refractivity contribution in [3.05, 3.63) is 65.8 Å². The zero-order chi connectivity index (χ0) is 22.0. The second-order valence-electron chi connectivity index (χ2n) is 7.22. The van der Waals surface area contributed by atoms with E-state index in [-0.39, 0.29) is 18.3 Å². The van der Waals surface area contributed by atoms with Crippen LogP contribution < -0.4 is 15.6 Å². The second-order valence-corrected chi connectivity index (χ2v) is 7.22. The highest BCUT2D eigenvalue weighted by Gasteiger charge is 2.23. The SMILES string of the molecule is C=C/C=c1/nc(-c2cnc(N3CCN(C)C(=O)C3)nc2)n(-c2ccc(F)cc2)/c1=C/C. The lowest BCUT2D eigenvalue weighted by atomic mass is 10.2. The molecule has 0 bridgehead atoms. The van der Waals surface area contributed by atoms with E-state index < -0.39 is 0 Å². The van der Waals surface area contributed by atoms with E-state index in [1.165, 1.54) is 12.1 Å². The zero-order valence-corrected chi connectivity index (χ0v) is 17.5. The first-order valence-electron chi connectivity index (χ1n) is 9.97. The van der Waals surface area contributed by atoms with E-state index in [0.717, 1.165) is 16.4 Å². The van der Waals surface area contributed by atoms with Crippen molar-refractivity contribution in [2.45, 2.75) is 6.92 Å². The fourth-order valence-corrected chi connectivity index (χ4v) is 3.54. The minimum Gasteiger partial charge on any atom is -0.342 e. The Kier molecular flexibility index (Phi) is 5.62. The number of carbonyl (C=O) groups excluding carboxylic acids is 1. The predicted octanol–water partition coefficient (Wildman–Crippen LogP) is 1.51. The molecule has 158 valence electrons. The number of aromatic nitrogens is 4. The van der Waals surface area contributed by atoms with Gasteiger partial charge in [-0.1, -0.05) is 18.7 Å². The quantitative estimate of drug-likeness (QED) is 0.643. The number of piperazine rings is 1. The van der Waals surface area contributed by atoms with E-state index in [9.17, 15) is 9.18 Å². The summed E-state index contributed by atoms with van der Waals surface area (Å²) in [7, 11) is 1.79. The maximum absolute atomic E-state index is 13.5. The number of nitrogens with zero attached hydrogens (tertiary/aromatic N) is 6. The normalized spacial score (nSPS) is 15.6. The standard InChI is InChI=1S/C23H23FN6O/c1-4-6-19-20(5-2)30(18-9-7-17(24)8-10-18)22(27-19)16-13-25-23(26-14-16)29-12-11-28(3)21(31)15-29/h4-10,13-14H,1,11-12,15H2,2-3H3/b19-6+,20-5+. The van der Waals surface area contributed by atoms with Crippen LogP contribution in [0.2, 0.25) is 0 Å². The van der Waals surface area contributed by atoms with Gasteiger partial charge >= 0.3 is 0 Å². The summed E-state index contributed by atoms with van der Waals surface area (Å²) in [4.78, 5) is 29.3. The molecule has 1 aliphatic rings. The van der Waals surface area contributed by atoms with Crippen molar-refractivity contribution in [1.29, 1.82) is 0 Å². The number of hydrogen-bond acceptors (Lipinski definition) is 5. The Bertz CT molecular complexity index is 1230. The lowest BCUT2D eigenvalue weighted by molar-refractivity contribution is -0.129. The number of allylic oxidation sites excluding steroid dienone is 1. The van der Waals surface area contributed by atoms with E-state index in [0.29, 0.717) is 30.4 Å². The molecular weight excluding hydrogens is 395 g/mol. The van der Waals surface area contributed by atoms with Crippen LogP contribution in [0.25, 0.3) is 29.2 Å². The Balaban J connectivity index is 1.79. The Morgan fingerprint density at radius 3 is 2.45 bits per heavy atom. The van der Waals surface area contributed by atoms with Gasteiger partial charge in [0.2, 0.25) is 11.9 Å². The molecule has 0 saturated carbocycles. The summed E-state index contributed by atoms with van der Waals surface area (Å²) < 4.78 is 15.4. The number of halogens is 1. The van der Waals surface area contributed by atoms with Crippen LogP contribution >= 0.6 is 0 Å². The average molecular weight is 418 g/mol. The number of anilines is 1. The molecule has 3 aromatic rings. The number of likely N-dealkylation sites (N-methyl/N-ethyl adjacent to an activating group) is 1. The number of hydrogen-bond donors (Lipinski definition) is 0. The van der Waals surface area contributed by atoms with Gasteiger partial charge in [0.25, 0.3) is 0 Å². The number of amides is 1. The molecule has 8 heteroatoms. The molecular formula is C23H23FN6O. The van der Waals surface area contributed by atoms with E-state index in [4.69, 9.17) is 4.98 Å². The maximum Gasteiger partial charge on any atom is 0.242 e. The van der Waals surface area contributed by atoms with Crippen LogP contribution in [0.3, 0.4) is 0 Å². The highest BCUT2D eigenvalue weighted by Crippen LogP contribution is 2.20. The van der Waals surface area contributed by atoms with Crippen LogP contribution in [0.15, 0.2) is 49.3 Å². The fraction of sp³-hybridized carbons (Fsp3) is 0.217. The summed E-state index contributed by atoms with van der Waals surface area (Å²) in [6.45, 7) is 7.27. The van der Waals surface area contributed by atoms with Crippen molar-refractivity contribution in [3.8, 4) is 17.1 Å². The van der Waals surface area contributed by atoms with Gasteiger partial charge < -0.3 is 9.80 Å². The first kappa shape index (κ1) is 20.5. The predicted molar refractivity (Wildman–Crippen MR) is 118 cm³/mol. The second kappa shape index (κ2) is 8.51. The largest absolute Gasteiger partial charge is 0.342 e. The summed E-state index contributed by atoms with van der Waals surface area (Å²) >= 11 is 0. The van der Waals surface area contributed by atoms with Crippen molar-refractivity contribution in [2.24, 2.45) is 0 Å². The van der Waals surface area contributed by atoms with Crippen molar-refractivity contribution in [1.82, 2.24) is 24.4 Å². The Morgan fingerprint density at radius 1 is 1.13 bits per heavy atom. The third-order valence-corrected chi connectivity index (χ3v) is 5.21. The molecule has 1 aliphatic heterocycles. The maximum atomic E-state index is 13.5. The number of imidazole rings is 1. The monoisotopic (exact) mass is 418 g/mol. The third-order valence-electron chi connectivity index (χ3n) is 5.21. The van der Waals surface area contributed by atoms with Gasteiger partial charge in [-0.05, 0) is 37.3 Å². The number of benzene rings is 1. The molecule has 1 fully saturated rings. The summed E-state index contributed by atoms with van der Waals surface area (Å²) in [5.41, 5.74) is 1.48. The molecule has 3 heterocycles. The summed E-state index contributed by atoms with van der Waals surface area (Å²) in [6.07, 6.45) is 8.84. The minimum absolute atomic E-state index is 0.0403. The highest BCUT2D eigenvalue weighted by molar-refractivity contribution is 5.81. The van der Waals surface area contributed by atoms with E-state index >= 15 is 0 Å². The van der Waals surface area contributed by atoms with Gasteiger partial charge in [-0.15, -0.1) is 0 Å². The minimum atomic E-state index is -0.306. The van der Waals surface area contributed by atoms with E-state index in [2.05, 4.69) is 16.5 Å². The number of rotatable bonds is 4. The van der Waals surface area contributed by atoms with E-state index in [1.54, 1.807) is 42.6 Å². The third kappa shape index (κ3) is 3.96. The van der Waals surface area contributed by atoms with Crippen LogP contribution in [-0.4, -0.2) is 57.0 Å². The van der Waals surface area contributed by atoms with Crippen LogP contribution in [0.1, 0.15) is 6.92 Å². The molecule has 7 nitrogen and oxygen atoms in total. The molecule has 1 amide bonds. The Morgan fingerprint density at radius 2 is 1.84 bits per heavy atom. The van der Waals surface area contributed by atoms with Gasteiger partial charge in [0, 0.05) is 38.2 Å². The lowest BCUT2D eigenvalue weighted by Gasteiger charge is -2.31. The highest BCUT2D eigenvalue weighted by atomic mass is 19.1. The molecule has 1 saturated heterocycles. The molecule has 31 heavy (non-hydrogen) atoms. The first-order valence-corrected chi connectivity index (χ1v) is 9.97. The van der Waals surface area contributed by atoms with Gasteiger partial charge in [-0.25, -0.2) is 19.3 Å². The van der Waals surface area contributed by atoms with Crippen molar-refractivity contribution >= 4 is 24.0 Å². The zero-order valence-electron chi connectivity index (χ0n) is 17.5. The van der Waals surface area contributed by atoms with Gasteiger partial charge in [0.15, 0.2) is 0 Å². The van der Waals surface area contributed by atoms with Crippen molar-refractivity contribution in [3.63, 3.8) is 0 Å². The molecule has 0 aliphatic carbocycles. The molecule has 4 rings (SSSR count). The van der Waals surface area contributed by atoms with Crippen molar-refractivity contribution < 1.29 is 9.18 Å². The van der Waals surface area contributed by atoms with Gasteiger partial charge in [0.1, 0.15) is 11.6 Å². The Hall–Kier alpha value is -3.81. The van der Waals surface area contributed by atoms with Gasteiger partial charge in [0.05, 0.1) is 22.8 Å². The molecule has 0 spiro atoms. The van der Waals surface area contributed by atoms with Crippen LogP contribution in [0.5, 0.6) is 0 Å². The van der Waals surface area contributed by atoms with Crippen LogP contribution in [0, 0.1) is 5.82 Å². The molecule has 0 N–H and O–H groups in total. The van der Waals surface area contributed by atoms with Crippen LogP contribution in [0.4, 0.5) is 10.3 Å².